The van der Waals surface area contributed by atoms with Crippen LogP contribution in [0, 0.1) is 70.7 Å². The summed E-state index contributed by atoms with van der Waals surface area (Å²) in [5, 5.41) is 16.8. The Kier molecular flexibility index (Phi) is 15.5. The second-order valence-corrected chi connectivity index (χ2v) is 41.8. The number of methoxy groups -OCH3 is 2. The van der Waals surface area contributed by atoms with Crippen molar-refractivity contribution in [2.45, 2.75) is 95.2 Å². The molecular weight excluding hydrogens is 1840 g/mol. The lowest BCUT2D eigenvalue weighted by atomic mass is 10.1. The molecule has 9 atom stereocenters. The second-order valence-electron chi connectivity index (χ2n) is 38.0. The zero-order chi connectivity index (χ0) is 174. The number of sulfone groups is 2. The van der Waals surface area contributed by atoms with Crippen molar-refractivity contribution in [1.29, 1.82) is 0 Å². The van der Waals surface area contributed by atoms with Crippen LogP contribution in [0.25, 0.3) is 98.9 Å². The first-order valence-electron chi connectivity index (χ1n) is 83.7. The molecule has 39 heteroatoms. The summed E-state index contributed by atoms with van der Waals surface area (Å²) < 4.78 is 514. The van der Waals surface area contributed by atoms with Crippen LogP contribution in [-0.2, 0) is 40.7 Å². The number of amides is 2. The topological polar surface area (TPSA) is 417 Å². The molecule has 2 amide bonds. The van der Waals surface area contributed by atoms with Crippen molar-refractivity contribution in [2.24, 2.45) is 53.3 Å². The average Bonchev–Trinajstić information content (AvgIpc) is 1.56. The van der Waals surface area contributed by atoms with Gasteiger partial charge in [0.2, 0.25) is 19.7 Å². The van der Waals surface area contributed by atoms with Crippen molar-refractivity contribution in [3.05, 3.63) is 205 Å². The number of carbonyl (C=O) groups excluding carboxylic acids is 2. The predicted molar refractivity (Wildman–Crippen MR) is 607 cm³/mol. The number of hydrogen-bond donors (Lipinski definition) is 6. The van der Waals surface area contributed by atoms with Crippen LogP contribution in [0.15, 0.2) is 187 Å². The van der Waals surface area contributed by atoms with Crippen LogP contribution in [0.1, 0.15) is 186 Å². The summed E-state index contributed by atoms with van der Waals surface area (Å²) in [5.74, 6) is 8.09. The van der Waals surface area contributed by atoms with Gasteiger partial charge in [0.05, 0.1) is 127 Å². The zero-order valence-corrected chi connectivity index (χ0v) is 80.7. The van der Waals surface area contributed by atoms with Crippen LogP contribution in [0.4, 0.5) is 51.5 Å². The molecule has 0 radical (unpaired) electrons. The Bertz CT molecular complexity index is 8140. The number of ether oxygens (including phenoxy) is 6. The second kappa shape index (κ2) is 37.1. The van der Waals surface area contributed by atoms with Crippen LogP contribution in [0.3, 0.4) is 0 Å². The van der Waals surface area contributed by atoms with Crippen LogP contribution in [0.5, 0.6) is 40.8 Å². The van der Waals surface area contributed by atoms with Crippen LogP contribution >= 0.6 is 0 Å². The van der Waals surface area contributed by atoms with Gasteiger partial charge < -0.3 is 68.9 Å². The fraction of sp³-hybridized carbons (Fsp3) is 0.327. The molecule has 3 aliphatic carbocycles. The Labute approximate surface area is 919 Å². The number of halogens is 3. The quantitative estimate of drug-likeness (QED) is 0.0364. The first kappa shape index (κ1) is 58.7. The van der Waals surface area contributed by atoms with E-state index in [4.69, 9.17) is 156 Å². The summed E-state index contributed by atoms with van der Waals surface area (Å²) in [5.41, 5.74) is 7.05. The molecular formula is C101H178F3N21O13S2. The first-order chi connectivity index (χ1) is 105. The number of aromatic nitrogens is 15. The third-order valence-electron chi connectivity index (χ3n) is 26.4. The van der Waals surface area contributed by atoms with Crippen molar-refractivity contribution in [1.82, 2.24) is 80.1 Å². The molecule has 15 heterocycles. The van der Waals surface area contributed by atoms with Gasteiger partial charge in [-0.25, -0.2) is 49.6 Å². The van der Waals surface area contributed by atoms with Gasteiger partial charge in [-0.1, -0.05) is 45.0 Å². The van der Waals surface area contributed by atoms with Gasteiger partial charge >= 0.3 is 24.2 Å². The maximum atomic E-state index is 15.2. The molecule has 3 aliphatic heterocycles. The zero-order valence-electron chi connectivity index (χ0n) is 155. The Morgan fingerprint density at radius 2 is 0.871 bits per heavy atom. The molecule has 0 spiro atoms. The molecule has 6 fully saturated rings. The van der Waals surface area contributed by atoms with E-state index in [9.17, 15) is 30.8 Å². The minimum atomic E-state index is -4.39. The van der Waals surface area contributed by atoms with E-state index in [1.165, 1.54) is 63.7 Å². The number of fused-ring (bicyclic) bond motifs is 15. The van der Waals surface area contributed by atoms with Crippen molar-refractivity contribution in [3.63, 3.8) is 0 Å². The van der Waals surface area contributed by atoms with Crippen LogP contribution in [0.2, 0.25) is 0 Å². The average molecular weight is 2090 g/mol. The van der Waals surface area contributed by atoms with E-state index < -0.39 is 76.4 Å². The molecule has 3 saturated carbocycles. The lowest BCUT2D eigenvalue weighted by Crippen LogP contribution is -2.34. The summed E-state index contributed by atoms with van der Waals surface area (Å²) in [4.78, 5) is 95.3. The Morgan fingerprint density at radius 3 is 1.29 bits per heavy atom. The molecule has 140 heavy (non-hydrogen) atoms. The fourth-order valence-electron chi connectivity index (χ4n) is 18.8. The van der Waals surface area contributed by atoms with Crippen LogP contribution < -0.4 is 49.2 Å². The Balaban J connectivity index is -0.000000116. The van der Waals surface area contributed by atoms with Gasteiger partial charge in [-0.3, -0.25) is 39.7 Å². The van der Waals surface area contributed by atoms with E-state index in [-0.39, 0.29) is 51.2 Å². The maximum Gasteiger partial charge on any atom is 0.414 e. The molecule has 12 aromatic heterocycles. The minimum absolute atomic E-state index is 0.00777. The first-order valence-corrected chi connectivity index (χ1v) is 49.0. The number of nitrogens with one attached hydrogen (secondary N) is 5. The lowest BCUT2D eigenvalue weighted by molar-refractivity contribution is 0.0579. The van der Waals surface area contributed by atoms with E-state index in [0.29, 0.717) is 120 Å². The van der Waals surface area contributed by atoms with Crippen molar-refractivity contribution >= 4 is 159 Å². The SMILES string of the molecule is CC1[C@H]2CN(c3nc(Oc4cnc5cccnc5c4)nc4[nH]c5c(N(C)C(=O)OC(C)(C)C)cc(F)cc5c34)C[C@@H]12.CC1[C@H]2CNC[C@@H]12.CNc1cc(F)cc2c1[nH]c1nc(Oc3cnc4cccnc4c3)nc(N3C[C@@H]4C(C)[C@@H]4C3)c12.COc1ccc(CS(=O)(=O)c2nc(S(=O)(=O)Cc3ccc(OC)cc3)c3c(n2)[nH]c2c(N(C)C(=O)OC(C)(C)C)cc(F)cc23)cc1.Oc1cnc2cccnc2c1.[2H][2H].[2H][2H].[2H][2H].[2H][2H].[2H][2H].[2H][2H].[2H][2H].[2H][2H].[2H][2H].[2H][2H].[2H][2H].[2H][2H].[2H][2H].[2H][2H].[2H][2H].[2H][2H].[2H][2H].[2H][2H].[2H][2H].[2H][2H].[2H][2H].[2H][2H].[2H][2H].[2H][2H].[2H][2H].[2H][2H].[2H][2H].[2H][2H].[2H][2H].[2H][2H].[2H][2H].[2H][2H].[2H][2H].[2H][2H].[2H][2H].[2H][2H].[2H][2H].[2H][2H]. The Hall–Kier alpha value is -15.0. The third kappa shape index (κ3) is 19.4. The number of pyridine rings is 6. The summed E-state index contributed by atoms with van der Waals surface area (Å²) in [7, 11) is -1.06. The molecule has 0 bridgehead atoms. The van der Waals surface area contributed by atoms with Crippen molar-refractivity contribution < 1.29 is 186 Å². The fourth-order valence-corrected chi connectivity index (χ4v) is 21.6. The monoisotopic (exact) mass is 2090 g/mol. The van der Waals surface area contributed by atoms with Gasteiger partial charge in [0.25, 0.3) is 5.16 Å². The number of H-pyrrole nitrogens is 3. The van der Waals surface area contributed by atoms with Gasteiger partial charge in [0.15, 0.2) is 16.5 Å². The number of anilines is 5. The summed E-state index contributed by atoms with van der Waals surface area (Å²) >= 11 is 0. The van der Waals surface area contributed by atoms with Gasteiger partial charge in [-0.15, -0.1) is 0 Å². The number of rotatable bonds is 17. The van der Waals surface area contributed by atoms with Gasteiger partial charge in [0.1, 0.15) is 74.5 Å². The van der Waals surface area contributed by atoms with E-state index in [1.807, 2.05) is 42.5 Å². The molecule has 17 aromatic rings. The summed E-state index contributed by atoms with van der Waals surface area (Å²) in [6.45, 7) is 23.5. The third-order valence-corrected chi connectivity index (χ3v) is 29.5. The summed E-state index contributed by atoms with van der Waals surface area (Å²) in [6, 6.07) is 37.2. The molecule has 3 saturated heterocycles. The molecule has 23 rings (SSSR count). The van der Waals surface area contributed by atoms with Gasteiger partial charge in [-0.05, 0) is 216 Å². The van der Waals surface area contributed by atoms with Gasteiger partial charge in [0, 0.05) is 213 Å². The molecule has 3 unspecified atom stereocenters. The highest BCUT2D eigenvalue weighted by Crippen LogP contribution is 2.55. The van der Waals surface area contributed by atoms with E-state index in [0.717, 1.165) is 111 Å². The predicted octanol–water partition coefficient (Wildman–Crippen LogP) is 27.5. The van der Waals surface area contributed by atoms with Crippen LogP contribution in [-0.4, -0.2) is 195 Å². The smallest absolute Gasteiger partial charge is 0.414 e. The highest BCUT2D eigenvalue weighted by molar-refractivity contribution is 7.91. The molecule has 798 valence electrons. The largest absolute Gasteiger partial charge is 0.506 e. The standard InChI is InChI=1S/C32H33FN4O8S2.C30H30FN7O3.C25H22FN7O.C8H6N2O.C6H11N.38H2/c1-32(2,3)45-31(38)37(4)25-16-21(33)15-24-26-28(34-27(24)25)35-30(47(41,42)18-20-9-13-23(44-6)14-10-20)36-29(26)46(39,40)17-19-7-11-22(43-5)12-8-19;1-15-19-13-38(14-20(15)19)27-24-18-9-16(31)10-23(37(5)29(39)41-30(2,3)4)25(18)34-26(24)35-28(36-27)40-17-11-22-21(33-12-17)7-6-8-32-22;1-12-16-10-33(11-17(12)16)24-21-15-6-13(26)7-20(27-2)22(15)30-23(21)31-25(32-24)34-14-8-19-18(29-9-14)4-3-5-28-19;11-6-4-8-7(10-5-6)2-1-3-9-8;1-4-5-2-7-3-6(4)5;;;;;;;;;;;;;;;;;;;;;;;;;;;;;;;;;;;;;;/h7-16H,17-18H2,1-6H3,(H,34,35,36);6-12,15,19-20H,13-14H2,1-5H3,(H,34,35,36);3-9,12,16-17,27H,10-11H2,1-2H3,(H,30,31,32);1-5,11H;4-7H,2-3H2,1H3;38*1H/t;15?,19-,20+;12?,16-,17+;;4?,5-,6+;;;;;;;;;;;;;;;;;;;;;;;;;;;;;;;;;;;;;;/i;;;;;38*1+1D. The minimum Gasteiger partial charge on any atom is -0.506 e. The lowest BCUT2D eigenvalue weighted by Gasteiger charge is -2.25. The molecule has 34 nitrogen and oxygen atoms in total. The normalized spacial score (nSPS) is 21.0. The number of hydrogen-bond acceptors (Lipinski definition) is 29. The number of nitrogens with zero attached hydrogens (tertiary/aromatic N) is 16. The molecule has 6 aliphatic rings. The number of benzene rings is 5. The highest BCUT2D eigenvalue weighted by atomic mass is 32.2. The number of piperidine rings is 3. The van der Waals surface area contributed by atoms with E-state index in [1.54, 1.807) is 153 Å². The highest BCUT2D eigenvalue weighted by Gasteiger charge is 2.55. The van der Waals surface area contributed by atoms with Gasteiger partial charge in [-0.2, -0.15) is 19.9 Å². The Morgan fingerprint density at radius 1 is 0.479 bits per heavy atom. The maximum absolute atomic E-state index is 15.2. The van der Waals surface area contributed by atoms with E-state index >= 15 is 8.78 Å². The van der Waals surface area contributed by atoms with E-state index in [2.05, 4.69) is 106 Å². The summed E-state index contributed by atoms with van der Waals surface area (Å²) in [6.07, 6.45) is 8.35. The van der Waals surface area contributed by atoms with Crippen molar-refractivity contribution in [3.8, 4) is 40.8 Å². The molecule has 6 N–H and O–H groups in total. The van der Waals surface area contributed by atoms with Crippen molar-refractivity contribution in [2.75, 3.05) is 99.5 Å². The molecule has 5 aromatic carbocycles. The number of carbonyl (C=O) groups is 2. The number of aromatic hydroxyl groups is 1. The number of aromatic amines is 3.